The van der Waals surface area contributed by atoms with Gasteiger partial charge in [-0.2, -0.15) is 5.10 Å². The van der Waals surface area contributed by atoms with Crippen molar-refractivity contribution in [1.29, 1.82) is 0 Å². The first kappa shape index (κ1) is 15.8. The quantitative estimate of drug-likeness (QED) is 0.522. The van der Waals surface area contributed by atoms with Crippen molar-refractivity contribution < 1.29 is 4.79 Å². The van der Waals surface area contributed by atoms with Crippen molar-refractivity contribution in [2.45, 2.75) is 25.3 Å². The van der Waals surface area contributed by atoms with Crippen LogP contribution in [0.25, 0.3) is 22.2 Å². The molecule has 0 saturated heterocycles. The topological polar surface area (TPSA) is 86.5 Å². The molecule has 0 fully saturated rings. The molecule has 134 valence electrons. The fraction of sp³-hybridized carbons (Fsp3) is 0.190. The molecule has 0 spiro atoms. The highest BCUT2D eigenvalue weighted by atomic mass is 16.2. The molecule has 1 aliphatic rings. The van der Waals surface area contributed by atoms with E-state index >= 15 is 0 Å². The van der Waals surface area contributed by atoms with E-state index in [0.29, 0.717) is 11.4 Å². The van der Waals surface area contributed by atoms with Crippen LogP contribution in [-0.4, -0.2) is 26.1 Å². The van der Waals surface area contributed by atoms with Gasteiger partial charge in [-0.3, -0.25) is 14.9 Å². The summed E-state index contributed by atoms with van der Waals surface area (Å²) < 4.78 is 0. The molecule has 3 heterocycles. The van der Waals surface area contributed by atoms with Gasteiger partial charge in [0.25, 0.3) is 5.91 Å². The van der Waals surface area contributed by atoms with Gasteiger partial charge in [0.15, 0.2) is 0 Å². The van der Waals surface area contributed by atoms with Gasteiger partial charge in [0.05, 0.1) is 11.7 Å². The van der Waals surface area contributed by atoms with Crippen molar-refractivity contribution in [2.75, 3.05) is 0 Å². The van der Waals surface area contributed by atoms with Gasteiger partial charge < -0.3 is 10.3 Å². The molecule has 4 aromatic rings. The number of hydrogen-bond donors (Lipinski definition) is 3. The Kier molecular flexibility index (Phi) is 3.74. The first-order valence-corrected chi connectivity index (χ1v) is 9.16. The molecule has 0 aliphatic heterocycles. The van der Waals surface area contributed by atoms with Gasteiger partial charge in [-0.25, -0.2) is 0 Å². The molecule has 1 atom stereocenters. The maximum atomic E-state index is 12.8. The van der Waals surface area contributed by atoms with Crippen LogP contribution in [0.2, 0.25) is 0 Å². The number of rotatable bonds is 3. The van der Waals surface area contributed by atoms with E-state index in [1.54, 1.807) is 18.5 Å². The summed E-state index contributed by atoms with van der Waals surface area (Å²) >= 11 is 0. The fourth-order valence-corrected chi connectivity index (χ4v) is 3.90. The third-order valence-electron chi connectivity index (χ3n) is 5.20. The number of pyridine rings is 1. The van der Waals surface area contributed by atoms with Crippen LogP contribution in [0.5, 0.6) is 0 Å². The standard InChI is InChI=1S/C21H19N5O/c27-21(19-11-18(25-26-19)13-5-4-10-22-12-13)24-17-9-3-7-15-14-6-1-2-8-16(14)23-20(15)17/h1-2,4-6,8,10-12,17,23H,3,7,9H2,(H,24,27)(H,25,26)/t17-/m1/s1. The second-order valence-corrected chi connectivity index (χ2v) is 6.89. The van der Waals surface area contributed by atoms with Gasteiger partial charge in [0.1, 0.15) is 5.69 Å². The van der Waals surface area contributed by atoms with Gasteiger partial charge in [0.2, 0.25) is 0 Å². The minimum absolute atomic E-state index is 0.0150. The number of fused-ring (bicyclic) bond motifs is 3. The van der Waals surface area contributed by atoms with Gasteiger partial charge in [-0.05, 0) is 49.1 Å². The van der Waals surface area contributed by atoms with Crippen LogP contribution in [0.4, 0.5) is 0 Å². The number of amides is 1. The summed E-state index contributed by atoms with van der Waals surface area (Å²) in [5.74, 6) is -0.144. The van der Waals surface area contributed by atoms with E-state index in [1.165, 1.54) is 10.9 Å². The number of nitrogens with zero attached hydrogens (tertiary/aromatic N) is 2. The van der Waals surface area contributed by atoms with E-state index in [-0.39, 0.29) is 11.9 Å². The van der Waals surface area contributed by atoms with E-state index in [9.17, 15) is 4.79 Å². The third-order valence-corrected chi connectivity index (χ3v) is 5.20. The smallest absolute Gasteiger partial charge is 0.269 e. The first-order valence-electron chi connectivity index (χ1n) is 9.16. The number of carbonyl (C=O) groups excluding carboxylic acids is 1. The number of nitrogens with one attached hydrogen (secondary N) is 3. The number of H-pyrrole nitrogens is 2. The second kappa shape index (κ2) is 6.39. The minimum atomic E-state index is -0.144. The summed E-state index contributed by atoms with van der Waals surface area (Å²) in [6.45, 7) is 0. The summed E-state index contributed by atoms with van der Waals surface area (Å²) in [5, 5.41) is 11.5. The summed E-state index contributed by atoms with van der Waals surface area (Å²) in [7, 11) is 0. The van der Waals surface area contributed by atoms with Crippen molar-refractivity contribution in [3.05, 3.63) is 71.8 Å². The van der Waals surface area contributed by atoms with Gasteiger partial charge in [0, 0.05) is 34.6 Å². The van der Waals surface area contributed by atoms with E-state index in [2.05, 4.69) is 43.7 Å². The number of aromatic nitrogens is 4. The Hall–Kier alpha value is -3.41. The Morgan fingerprint density at radius 3 is 3.00 bits per heavy atom. The third kappa shape index (κ3) is 2.79. The summed E-state index contributed by atoms with van der Waals surface area (Å²) in [4.78, 5) is 20.4. The first-order chi connectivity index (χ1) is 13.3. The lowest BCUT2D eigenvalue weighted by Gasteiger charge is -2.23. The van der Waals surface area contributed by atoms with Crippen LogP contribution in [0.3, 0.4) is 0 Å². The lowest BCUT2D eigenvalue weighted by Crippen LogP contribution is -2.31. The molecule has 1 aliphatic carbocycles. The Bertz CT molecular complexity index is 1110. The molecule has 5 rings (SSSR count). The zero-order chi connectivity index (χ0) is 18.2. The van der Waals surface area contributed by atoms with Crippen LogP contribution >= 0.6 is 0 Å². The number of aryl methyl sites for hydroxylation is 1. The van der Waals surface area contributed by atoms with Gasteiger partial charge in [-0.1, -0.05) is 18.2 Å². The highest BCUT2D eigenvalue weighted by Gasteiger charge is 2.26. The minimum Gasteiger partial charge on any atom is -0.356 e. The Morgan fingerprint density at radius 2 is 2.11 bits per heavy atom. The van der Waals surface area contributed by atoms with Crippen LogP contribution < -0.4 is 5.32 Å². The monoisotopic (exact) mass is 357 g/mol. The van der Waals surface area contributed by atoms with Gasteiger partial charge in [-0.15, -0.1) is 0 Å². The molecule has 3 N–H and O–H groups in total. The van der Waals surface area contributed by atoms with Crippen LogP contribution in [0.1, 0.15) is 40.6 Å². The number of para-hydroxylation sites is 1. The molecule has 27 heavy (non-hydrogen) atoms. The van der Waals surface area contributed by atoms with Crippen molar-refractivity contribution in [1.82, 2.24) is 25.5 Å². The average Bonchev–Trinajstić information content (AvgIpc) is 3.35. The summed E-state index contributed by atoms with van der Waals surface area (Å²) in [5.41, 5.74) is 5.62. The molecule has 6 heteroatoms. The second-order valence-electron chi connectivity index (χ2n) is 6.89. The number of aromatic amines is 2. The molecule has 1 amide bonds. The molecule has 3 aromatic heterocycles. The van der Waals surface area contributed by atoms with Gasteiger partial charge >= 0.3 is 0 Å². The number of carbonyl (C=O) groups is 1. The molecule has 0 unspecified atom stereocenters. The molecule has 0 saturated carbocycles. The van der Waals surface area contributed by atoms with Crippen LogP contribution in [0.15, 0.2) is 54.9 Å². The SMILES string of the molecule is O=C(N[C@@H]1CCCc2c1[nH]c1ccccc21)c1cc(-c2cccnc2)n[nH]1. The molecule has 0 radical (unpaired) electrons. The maximum Gasteiger partial charge on any atom is 0.269 e. The molecule has 6 nitrogen and oxygen atoms in total. The number of hydrogen-bond acceptors (Lipinski definition) is 3. The van der Waals surface area contributed by atoms with E-state index in [0.717, 1.165) is 36.0 Å². The zero-order valence-corrected chi connectivity index (χ0v) is 14.7. The Morgan fingerprint density at radius 1 is 1.19 bits per heavy atom. The van der Waals surface area contributed by atoms with Crippen LogP contribution in [0, 0.1) is 0 Å². The molecule has 0 bridgehead atoms. The van der Waals surface area contributed by atoms with Crippen molar-refractivity contribution in [3.8, 4) is 11.3 Å². The van der Waals surface area contributed by atoms with E-state index in [1.807, 2.05) is 18.2 Å². The largest absolute Gasteiger partial charge is 0.356 e. The van der Waals surface area contributed by atoms with E-state index < -0.39 is 0 Å². The van der Waals surface area contributed by atoms with Crippen molar-refractivity contribution >= 4 is 16.8 Å². The molecular formula is C21H19N5O. The lowest BCUT2D eigenvalue weighted by molar-refractivity contribution is 0.0927. The average molecular weight is 357 g/mol. The summed E-state index contributed by atoms with van der Waals surface area (Å²) in [6, 6.07) is 13.8. The van der Waals surface area contributed by atoms with E-state index in [4.69, 9.17) is 0 Å². The fourth-order valence-electron chi connectivity index (χ4n) is 3.90. The highest BCUT2D eigenvalue weighted by Crippen LogP contribution is 2.34. The Labute approximate surface area is 156 Å². The van der Waals surface area contributed by atoms with Crippen molar-refractivity contribution in [3.63, 3.8) is 0 Å². The normalized spacial score (nSPS) is 16.2. The molecular weight excluding hydrogens is 338 g/mol. The Balaban J connectivity index is 1.40. The highest BCUT2D eigenvalue weighted by molar-refractivity contribution is 5.94. The summed E-state index contributed by atoms with van der Waals surface area (Å²) in [6.07, 6.45) is 6.47. The predicted molar refractivity (Wildman–Crippen MR) is 103 cm³/mol. The van der Waals surface area contributed by atoms with Crippen molar-refractivity contribution in [2.24, 2.45) is 0 Å². The zero-order valence-electron chi connectivity index (χ0n) is 14.7. The lowest BCUT2D eigenvalue weighted by atomic mass is 9.91. The van der Waals surface area contributed by atoms with Crippen LogP contribution in [-0.2, 0) is 6.42 Å². The number of benzene rings is 1. The predicted octanol–water partition coefficient (Wildman–Crippen LogP) is 3.76. The molecule has 1 aromatic carbocycles. The maximum absolute atomic E-state index is 12.8.